The normalized spacial score (nSPS) is 14.9. The summed E-state index contributed by atoms with van der Waals surface area (Å²) < 4.78 is 0. The van der Waals surface area contributed by atoms with Crippen LogP contribution in [0.25, 0.3) is 0 Å². The van der Waals surface area contributed by atoms with E-state index in [9.17, 15) is 0 Å². The van der Waals surface area contributed by atoms with Crippen LogP contribution in [0.1, 0.15) is 39.2 Å². The van der Waals surface area contributed by atoms with E-state index in [1.165, 1.54) is 12.8 Å². The summed E-state index contributed by atoms with van der Waals surface area (Å²) in [5, 5.41) is 0. The Balaban J connectivity index is 2.32. The fourth-order valence-corrected chi connectivity index (χ4v) is 2.22. The summed E-state index contributed by atoms with van der Waals surface area (Å²) >= 11 is 0. The van der Waals surface area contributed by atoms with Crippen molar-refractivity contribution in [2.75, 3.05) is 16.9 Å². The van der Waals surface area contributed by atoms with Crippen LogP contribution in [0, 0.1) is 5.92 Å². The maximum absolute atomic E-state index is 5.53. The summed E-state index contributed by atoms with van der Waals surface area (Å²) in [5.41, 5.74) is 3.78. The zero-order valence-electron chi connectivity index (χ0n) is 11.5. The average molecular weight is 249 g/mol. The summed E-state index contributed by atoms with van der Waals surface area (Å²) in [7, 11) is 0. The first-order valence-corrected chi connectivity index (χ1v) is 6.74. The van der Waals surface area contributed by atoms with Crippen molar-refractivity contribution in [2.45, 2.75) is 46.1 Å². The largest absolute Gasteiger partial charge is 0.354 e. The molecule has 5 heteroatoms. The van der Waals surface area contributed by atoms with Crippen molar-refractivity contribution in [2.24, 2.45) is 11.8 Å². The minimum Gasteiger partial charge on any atom is -0.354 e. The molecular weight excluding hydrogens is 226 g/mol. The van der Waals surface area contributed by atoms with E-state index in [-0.39, 0.29) is 0 Å². The van der Waals surface area contributed by atoms with Crippen LogP contribution in [0.5, 0.6) is 0 Å². The van der Waals surface area contributed by atoms with Crippen LogP contribution < -0.4 is 16.2 Å². The molecular formula is C13H23N5. The predicted molar refractivity (Wildman–Crippen MR) is 74.4 cm³/mol. The van der Waals surface area contributed by atoms with Gasteiger partial charge in [0, 0.05) is 18.2 Å². The van der Waals surface area contributed by atoms with Crippen LogP contribution >= 0.6 is 0 Å². The molecule has 1 aromatic rings. The predicted octanol–water partition coefficient (Wildman–Crippen LogP) is 1.95. The zero-order valence-corrected chi connectivity index (χ0v) is 11.5. The van der Waals surface area contributed by atoms with Crippen LogP contribution in [0.2, 0.25) is 0 Å². The summed E-state index contributed by atoms with van der Waals surface area (Å²) in [6.07, 6.45) is 5.16. The second kappa shape index (κ2) is 5.52. The van der Waals surface area contributed by atoms with Gasteiger partial charge < -0.3 is 10.3 Å². The highest BCUT2D eigenvalue weighted by atomic mass is 15.3. The van der Waals surface area contributed by atoms with Gasteiger partial charge in [-0.05, 0) is 39.0 Å². The van der Waals surface area contributed by atoms with Crippen molar-refractivity contribution >= 4 is 11.6 Å². The lowest BCUT2D eigenvalue weighted by Crippen LogP contribution is -2.34. The van der Waals surface area contributed by atoms with Crippen molar-refractivity contribution in [1.29, 1.82) is 0 Å². The number of hydrogen-bond acceptors (Lipinski definition) is 5. The number of hydrogen-bond donors (Lipinski definition) is 2. The number of rotatable bonds is 6. The summed E-state index contributed by atoms with van der Waals surface area (Å²) in [4.78, 5) is 11.0. The van der Waals surface area contributed by atoms with E-state index in [4.69, 9.17) is 5.84 Å². The van der Waals surface area contributed by atoms with Crippen molar-refractivity contribution in [3.8, 4) is 0 Å². The van der Waals surface area contributed by atoms with E-state index >= 15 is 0 Å². The fraction of sp³-hybridized carbons (Fsp3) is 0.692. The molecule has 18 heavy (non-hydrogen) atoms. The highest BCUT2D eigenvalue weighted by Crippen LogP contribution is 2.33. The van der Waals surface area contributed by atoms with E-state index in [2.05, 4.69) is 41.1 Å². The molecule has 5 nitrogen and oxygen atoms in total. The molecule has 1 heterocycles. The fourth-order valence-electron chi connectivity index (χ4n) is 2.22. The maximum Gasteiger partial charge on any atom is 0.148 e. The van der Waals surface area contributed by atoms with Gasteiger partial charge in [0.15, 0.2) is 0 Å². The van der Waals surface area contributed by atoms with Gasteiger partial charge in [0.1, 0.15) is 18.0 Å². The monoisotopic (exact) mass is 249 g/mol. The van der Waals surface area contributed by atoms with Crippen LogP contribution in [-0.4, -0.2) is 22.6 Å². The number of hydrazine groups is 1. The standard InChI is InChI=1S/C13H23N5/c1-4-11-12(17-14)15-8-16-13(11)18(9(2)3)7-10-5-6-10/h8-10H,4-7,14H2,1-3H3,(H,15,16,17). The van der Waals surface area contributed by atoms with Crippen molar-refractivity contribution in [3.05, 3.63) is 11.9 Å². The van der Waals surface area contributed by atoms with Gasteiger partial charge in [0.2, 0.25) is 0 Å². The van der Waals surface area contributed by atoms with E-state index in [0.717, 1.165) is 36.1 Å². The highest BCUT2D eigenvalue weighted by Gasteiger charge is 2.27. The Morgan fingerprint density at radius 3 is 2.67 bits per heavy atom. The van der Waals surface area contributed by atoms with E-state index in [1.807, 2.05) is 0 Å². The molecule has 0 amide bonds. The Morgan fingerprint density at radius 2 is 2.17 bits per heavy atom. The molecule has 100 valence electrons. The van der Waals surface area contributed by atoms with Gasteiger partial charge in [-0.25, -0.2) is 15.8 Å². The van der Waals surface area contributed by atoms with Gasteiger partial charge >= 0.3 is 0 Å². The minimum atomic E-state index is 0.441. The van der Waals surface area contributed by atoms with E-state index in [0.29, 0.717) is 6.04 Å². The van der Waals surface area contributed by atoms with Crippen molar-refractivity contribution < 1.29 is 0 Å². The molecule has 0 unspecified atom stereocenters. The summed E-state index contributed by atoms with van der Waals surface area (Å²) in [5.74, 6) is 8.13. The number of aromatic nitrogens is 2. The third-order valence-electron chi connectivity index (χ3n) is 3.46. The first-order chi connectivity index (χ1) is 8.67. The second-order valence-corrected chi connectivity index (χ2v) is 5.21. The average Bonchev–Trinajstić information content (AvgIpc) is 3.18. The first-order valence-electron chi connectivity index (χ1n) is 6.74. The Bertz CT molecular complexity index is 400. The quantitative estimate of drug-likeness (QED) is 0.596. The van der Waals surface area contributed by atoms with Crippen LogP contribution in [0.15, 0.2) is 6.33 Å². The Morgan fingerprint density at radius 1 is 1.44 bits per heavy atom. The van der Waals surface area contributed by atoms with E-state index in [1.54, 1.807) is 6.33 Å². The SMILES string of the molecule is CCc1c(NN)ncnc1N(CC1CC1)C(C)C. The molecule has 2 rings (SSSR count). The molecule has 0 saturated heterocycles. The molecule has 0 aliphatic heterocycles. The molecule has 1 fully saturated rings. The van der Waals surface area contributed by atoms with Gasteiger partial charge in [-0.15, -0.1) is 0 Å². The van der Waals surface area contributed by atoms with Gasteiger partial charge in [-0.1, -0.05) is 6.92 Å². The van der Waals surface area contributed by atoms with Gasteiger partial charge in [-0.2, -0.15) is 0 Å². The molecule has 0 aromatic carbocycles. The molecule has 0 atom stereocenters. The number of nitrogen functional groups attached to an aromatic ring is 1. The summed E-state index contributed by atoms with van der Waals surface area (Å²) in [6, 6.07) is 0.441. The topological polar surface area (TPSA) is 67.1 Å². The highest BCUT2D eigenvalue weighted by molar-refractivity contribution is 5.58. The maximum atomic E-state index is 5.53. The molecule has 0 bridgehead atoms. The molecule has 0 spiro atoms. The Kier molecular flexibility index (Phi) is 4.01. The van der Waals surface area contributed by atoms with Crippen LogP contribution in [0.3, 0.4) is 0 Å². The number of nitrogens with zero attached hydrogens (tertiary/aromatic N) is 3. The lowest BCUT2D eigenvalue weighted by atomic mass is 10.1. The Hall–Kier alpha value is -1.36. The smallest absolute Gasteiger partial charge is 0.148 e. The molecule has 3 N–H and O–H groups in total. The van der Waals surface area contributed by atoms with Gasteiger partial charge in [-0.3, -0.25) is 0 Å². The first kappa shape index (κ1) is 13.1. The lowest BCUT2D eigenvalue weighted by Gasteiger charge is -2.30. The summed E-state index contributed by atoms with van der Waals surface area (Å²) in [6.45, 7) is 7.61. The molecule has 1 saturated carbocycles. The second-order valence-electron chi connectivity index (χ2n) is 5.21. The number of nitrogens with one attached hydrogen (secondary N) is 1. The molecule has 0 radical (unpaired) electrons. The zero-order chi connectivity index (χ0) is 13.1. The number of anilines is 2. The minimum absolute atomic E-state index is 0.441. The Labute approximate surface area is 109 Å². The third-order valence-corrected chi connectivity index (χ3v) is 3.46. The third kappa shape index (κ3) is 2.72. The van der Waals surface area contributed by atoms with Crippen LogP contribution in [0.4, 0.5) is 11.6 Å². The van der Waals surface area contributed by atoms with Crippen LogP contribution in [-0.2, 0) is 6.42 Å². The molecule has 1 aromatic heterocycles. The van der Waals surface area contributed by atoms with Gasteiger partial charge in [0.05, 0.1) is 0 Å². The lowest BCUT2D eigenvalue weighted by molar-refractivity contribution is 0.632. The number of nitrogens with two attached hydrogens (primary N) is 1. The van der Waals surface area contributed by atoms with Crippen molar-refractivity contribution in [3.63, 3.8) is 0 Å². The van der Waals surface area contributed by atoms with Crippen molar-refractivity contribution in [1.82, 2.24) is 9.97 Å². The molecule has 1 aliphatic rings. The van der Waals surface area contributed by atoms with E-state index < -0.39 is 0 Å². The molecule has 1 aliphatic carbocycles. The van der Waals surface area contributed by atoms with Gasteiger partial charge in [0.25, 0.3) is 0 Å².